The Balaban J connectivity index is 1.85. The molecule has 120 valence electrons. The molecule has 1 aliphatic rings. The number of nitrogens with zero attached hydrogens (tertiary/aromatic N) is 2. The van der Waals surface area contributed by atoms with Crippen LogP contribution in [-0.4, -0.2) is 31.3 Å². The van der Waals surface area contributed by atoms with Crippen molar-refractivity contribution in [3.63, 3.8) is 0 Å². The quantitative estimate of drug-likeness (QED) is 0.582. The zero-order valence-corrected chi connectivity index (χ0v) is 12.0. The summed E-state index contributed by atoms with van der Waals surface area (Å²) in [5, 5.41) is 20.6. The van der Waals surface area contributed by atoms with Gasteiger partial charge in [-0.2, -0.15) is 0 Å². The number of fused-ring (bicyclic) bond motifs is 2. The maximum absolute atomic E-state index is 13.0. The second-order valence-electron chi connectivity index (χ2n) is 5.30. The standard InChI is InChI=1S/C16H9FN2O5/c17-8-3-1-7(2-4-8)5-19-15(22)9-10(16(19)23)13(21)14-11(12(9)20)18-6-24-14/h1-4,6,22-23H,5H2. The van der Waals surface area contributed by atoms with Gasteiger partial charge in [0, 0.05) is 0 Å². The molecule has 0 saturated carbocycles. The first kappa shape index (κ1) is 14.2. The van der Waals surface area contributed by atoms with Crippen LogP contribution in [0, 0.1) is 5.82 Å². The summed E-state index contributed by atoms with van der Waals surface area (Å²) in [4.78, 5) is 28.4. The average Bonchev–Trinajstić information content (AvgIpc) is 3.14. The number of carbonyl (C=O) groups is 2. The molecule has 0 bridgehead atoms. The van der Waals surface area contributed by atoms with Gasteiger partial charge in [-0.15, -0.1) is 0 Å². The minimum Gasteiger partial charge on any atom is -0.494 e. The number of halogens is 1. The van der Waals surface area contributed by atoms with Gasteiger partial charge < -0.3 is 14.6 Å². The predicted molar refractivity (Wildman–Crippen MR) is 76.6 cm³/mol. The minimum absolute atomic E-state index is 0.0553. The van der Waals surface area contributed by atoms with Gasteiger partial charge in [0.15, 0.2) is 12.1 Å². The molecule has 0 saturated heterocycles. The fraction of sp³-hybridized carbons (Fsp3) is 0.0625. The van der Waals surface area contributed by atoms with Crippen LogP contribution in [0.25, 0.3) is 0 Å². The molecule has 2 aromatic heterocycles. The lowest BCUT2D eigenvalue weighted by molar-refractivity contribution is 0.0956. The normalized spacial score (nSPS) is 13.0. The summed E-state index contributed by atoms with van der Waals surface area (Å²) in [6, 6.07) is 5.37. The lowest BCUT2D eigenvalue weighted by Gasteiger charge is -2.07. The van der Waals surface area contributed by atoms with Gasteiger partial charge in [-0.25, -0.2) is 9.37 Å². The molecule has 4 rings (SSSR count). The molecule has 1 aromatic carbocycles. The number of rotatable bonds is 2. The second-order valence-corrected chi connectivity index (χ2v) is 5.30. The van der Waals surface area contributed by atoms with Crippen LogP contribution in [0.1, 0.15) is 37.7 Å². The Hall–Kier alpha value is -3.42. The molecule has 0 aliphatic heterocycles. The third-order valence-corrected chi connectivity index (χ3v) is 3.91. The zero-order valence-electron chi connectivity index (χ0n) is 12.0. The molecule has 0 atom stereocenters. The third-order valence-electron chi connectivity index (χ3n) is 3.91. The molecule has 1 aliphatic carbocycles. The molecular formula is C16H9FN2O5. The van der Waals surface area contributed by atoms with Crippen LogP contribution >= 0.6 is 0 Å². The minimum atomic E-state index is -0.734. The van der Waals surface area contributed by atoms with E-state index in [0.29, 0.717) is 5.56 Å². The first-order valence-corrected chi connectivity index (χ1v) is 6.90. The van der Waals surface area contributed by atoms with Crippen LogP contribution in [0.3, 0.4) is 0 Å². The Morgan fingerprint density at radius 1 is 1.04 bits per heavy atom. The zero-order chi connectivity index (χ0) is 17.0. The van der Waals surface area contributed by atoms with Crippen molar-refractivity contribution in [1.29, 1.82) is 0 Å². The van der Waals surface area contributed by atoms with Gasteiger partial charge in [-0.1, -0.05) is 12.1 Å². The molecular weight excluding hydrogens is 319 g/mol. The molecule has 0 unspecified atom stereocenters. The van der Waals surface area contributed by atoms with Crippen molar-refractivity contribution in [1.82, 2.24) is 9.55 Å². The number of aromatic nitrogens is 2. The lowest BCUT2D eigenvalue weighted by atomic mass is 9.94. The van der Waals surface area contributed by atoms with E-state index in [-0.39, 0.29) is 29.1 Å². The van der Waals surface area contributed by atoms with E-state index in [4.69, 9.17) is 4.42 Å². The number of benzene rings is 1. The summed E-state index contributed by atoms with van der Waals surface area (Å²) in [5.74, 6) is -3.27. The fourth-order valence-corrected chi connectivity index (χ4v) is 2.75. The van der Waals surface area contributed by atoms with Gasteiger partial charge in [-0.05, 0) is 17.7 Å². The SMILES string of the molecule is O=C1c2ncoc2C(=O)c2c1c(O)n(Cc1ccc(F)cc1)c2O. The fourth-order valence-electron chi connectivity index (χ4n) is 2.75. The van der Waals surface area contributed by atoms with E-state index in [1.54, 1.807) is 0 Å². The summed E-state index contributed by atoms with van der Waals surface area (Å²) < 4.78 is 18.9. The van der Waals surface area contributed by atoms with Crippen LogP contribution in [0.2, 0.25) is 0 Å². The summed E-state index contributed by atoms with van der Waals surface area (Å²) in [5.41, 5.74) is -0.296. The molecule has 0 fully saturated rings. The Morgan fingerprint density at radius 2 is 1.67 bits per heavy atom. The Morgan fingerprint density at radius 3 is 2.33 bits per heavy atom. The molecule has 3 aromatic rings. The highest BCUT2D eigenvalue weighted by Crippen LogP contribution is 2.40. The number of carbonyl (C=O) groups excluding carboxylic acids is 2. The number of oxazole rings is 1. The van der Waals surface area contributed by atoms with E-state index in [9.17, 15) is 24.2 Å². The topological polar surface area (TPSA) is 106 Å². The van der Waals surface area contributed by atoms with Gasteiger partial charge in [0.25, 0.3) is 0 Å². The molecule has 2 N–H and O–H groups in total. The number of aromatic hydroxyl groups is 2. The van der Waals surface area contributed by atoms with Crippen molar-refractivity contribution >= 4 is 11.6 Å². The Kier molecular flexibility index (Phi) is 2.83. The van der Waals surface area contributed by atoms with Crippen molar-refractivity contribution in [2.24, 2.45) is 0 Å². The maximum atomic E-state index is 13.0. The molecule has 0 radical (unpaired) electrons. The molecule has 0 spiro atoms. The van der Waals surface area contributed by atoms with Crippen molar-refractivity contribution in [3.05, 3.63) is 64.6 Å². The van der Waals surface area contributed by atoms with E-state index >= 15 is 0 Å². The van der Waals surface area contributed by atoms with Gasteiger partial charge in [0.2, 0.25) is 29.1 Å². The molecule has 2 heterocycles. The number of hydrogen-bond donors (Lipinski definition) is 2. The highest BCUT2D eigenvalue weighted by molar-refractivity contribution is 6.28. The maximum Gasteiger partial charge on any atom is 0.237 e. The van der Waals surface area contributed by atoms with Crippen molar-refractivity contribution in [2.75, 3.05) is 0 Å². The van der Waals surface area contributed by atoms with Crippen LogP contribution in [0.15, 0.2) is 35.1 Å². The highest BCUT2D eigenvalue weighted by atomic mass is 19.1. The monoisotopic (exact) mass is 328 g/mol. The first-order chi connectivity index (χ1) is 11.5. The van der Waals surface area contributed by atoms with Crippen LogP contribution in [-0.2, 0) is 6.54 Å². The van der Waals surface area contributed by atoms with Gasteiger partial charge in [0.1, 0.15) is 16.9 Å². The van der Waals surface area contributed by atoms with Crippen LogP contribution < -0.4 is 0 Å². The van der Waals surface area contributed by atoms with Crippen molar-refractivity contribution < 1.29 is 28.6 Å². The van der Waals surface area contributed by atoms with Gasteiger partial charge in [-0.3, -0.25) is 14.2 Å². The van der Waals surface area contributed by atoms with Crippen LogP contribution in [0.4, 0.5) is 4.39 Å². The summed E-state index contributed by atoms with van der Waals surface area (Å²) in [7, 11) is 0. The summed E-state index contributed by atoms with van der Waals surface area (Å²) >= 11 is 0. The molecule has 0 amide bonds. The smallest absolute Gasteiger partial charge is 0.237 e. The molecule has 7 nitrogen and oxygen atoms in total. The molecule has 24 heavy (non-hydrogen) atoms. The summed E-state index contributed by atoms with van der Waals surface area (Å²) in [6.07, 6.45) is 0.951. The van der Waals surface area contributed by atoms with E-state index in [2.05, 4.69) is 4.98 Å². The average molecular weight is 328 g/mol. The van der Waals surface area contributed by atoms with Gasteiger partial charge in [0.05, 0.1) is 6.54 Å². The highest BCUT2D eigenvalue weighted by Gasteiger charge is 2.41. The van der Waals surface area contributed by atoms with E-state index < -0.39 is 29.1 Å². The molecule has 8 heteroatoms. The van der Waals surface area contributed by atoms with E-state index in [0.717, 1.165) is 11.0 Å². The largest absolute Gasteiger partial charge is 0.494 e. The number of ketones is 2. The Labute approximate surface area is 133 Å². The van der Waals surface area contributed by atoms with Crippen molar-refractivity contribution in [3.8, 4) is 11.8 Å². The third kappa shape index (κ3) is 1.79. The summed E-state index contributed by atoms with van der Waals surface area (Å²) in [6.45, 7) is -0.0553. The van der Waals surface area contributed by atoms with E-state index in [1.165, 1.54) is 24.3 Å². The van der Waals surface area contributed by atoms with E-state index in [1.807, 2.05) is 0 Å². The van der Waals surface area contributed by atoms with Gasteiger partial charge >= 0.3 is 0 Å². The second kappa shape index (κ2) is 4.79. The first-order valence-electron chi connectivity index (χ1n) is 6.90. The lowest BCUT2D eigenvalue weighted by Crippen LogP contribution is -2.18. The Bertz CT molecular complexity index is 946. The number of hydrogen-bond acceptors (Lipinski definition) is 6. The predicted octanol–water partition coefficient (Wildman–Crippen LogP) is 1.85. The van der Waals surface area contributed by atoms with Crippen molar-refractivity contribution in [2.45, 2.75) is 6.54 Å². The van der Waals surface area contributed by atoms with Crippen LogP contribution in [0.5, 0.6) is 11.8 Å².